The molecule has 0 aromatic heterocycles. The van der Waals surface area contributed by atoms with E-state index in [1.54, 1.807) is 0 Å². The van der Waals surface area contributed by atoms with Crippen molar-refractivity contribution in [3.05, 3.63) is 0 Å². The van der Waals surface area contributed by atoms with Crippen molar-refractivity contribution in [2.45, 2.75) is 0 Å². The van der Waals surface area contributed by atoms with E-state index >= 15 is 0 Å². The van der Waals surface area contributed by atoms with Crippen LogP contribution in [0.3, 0.4) is 0 Å². The number of hydrogen-bond donors (Lipinski definition) is 1. The van der Waals surface area contributed by atoms with Crippen molar-refractivity contribution >= 4 is 10.3 Å². The van der Waals surface area contributed by atoms with E-state index in [2.05, 4.69) is 5.14 Å². The van der Waals surface area contributed by atoms with Crippen LogP contribution >= 0.6 is 0 Å². The molecule has 10 N–H and O–H groups in total. The third-order valence-corrected chi connectivity index (χ3v) is 0. The fourth-order valence-corrected chi connectivity index (χ4v) is 0. The maximum absolute atomic E-state index is 8.85. The van der Waals surface area contributed by atoms with Crippen LogP contribution in [0.15, 0.2) is 0 Å². The first-order valence-electron chi connectivity index (χ1n) is 0.736. The van der Waals surface area contributed by atoms with Crippen LogP contribution < -0.4 is 5.14 Å². The second-order valence-corrected chi connectivity index (χ2v) is 1.48. The van der Waals surface area contributed by atoms with Gasteiger partial charge in [0.25, 0.3) is 0 Å². The summed E-state index contributed by atoms with van der Waals surface area (Å²) < 4.78 is 26.6. The van der Waals surface area contributed by atoms with Crippen molar-refractivity contribution in [1.82, 2.24) is 0 Å². The Morgan fingerprint density at radius 3 is 1.00 bits per heavy atom. The number of nitrogens with two attached hydrogens (primary N) is 1. The van der Waals surface area contributed by atoms with E-state index in [1.807, 2.05) is 0 Å². The van der Waals surface area contributed by atoms with Crippen LogP contribution in [0.1, 0.15) is 0 Å². The predicted molar refractivity (Wildman–Crippen MR) is 28.3 cm³/mol. The molecular formula is H10NNiO7S+. The molecule has 0 amide bonds. The summed E-state index contributed by atoms with van der Waals surface area (Å²) >= 11 is 0. The standard InChI is InChI=1S/H3NO3S.Ni.4H2O/c1-5(2,3)4;;;;;/h(H3,1,2,3,4);;4*1H2/q;+2;;;;/p-1. The van der Waals surface area contributed by atoms with Crippen molar-refractivity contribution in [2.75, 3.05) is 0 Å². The van der Waals surface area contributed by atoms with Crippen LogP contribution in [0.5, 0.6) is 0 Å². The van der Waals surface area contributed by atoms with Crippen molar-refractivity contribution in [1.29, 1.82) is 0 Å². The van der Waals surface area contributed by atoms with Crippen molar-refractivity contribution in [3.8, 4) is 0 Å². The van der Waals surface area contributed by atoms with E-state index in [1.165, 1.54) is 0 Å². The molecule has 0 heterocycles. The molecule has 0 bridgehead atoms. The van der Waals surface area contributed by atoms with Crippen molar-refractivity contribution in [3.63, 3.8) is 0 Å². The van der Waals surface area contributed by atoms with Crippen LogP contribution in [0.4, 0.5) is 0 Å². The van der Waals surface area contributed by atoms with Crippen molar-refractivity contribution in [2.24, 2.45) is 5.14 Å². The second-order valence-electron chi connectivity index (χ2n) is 0.493. The predicted octanol–water partition coefficient (Wildman–Crippen LogP) is -4.90. The smallest absolute Gasteiger partial charge is 0.736 e. The molecule has 0 aliphatic rings. The molecule has 10 heavy (non-hydrogen) atoms. The van der Waals surface area contributed by atoms with Gasteiger partial charge in [0, 0.05) is 0 Å². The third kappa shape index (κ3) is 10300. The first kappa shape index (κ1) is 48.9. The third-order valence-electron chi connectivity index (χ3n) is 0. The average Bonchev–Trinajstić information content (AvgIpc) is 0.722. The van der Waals surface area contributed by atoms with Gasteiger partial charge in [0.2, 0.25) is 0 Å². The van der Waals surface area contributed by atoms with E-state index in [0.29, 0.717) is 0 Å². The largest absolute Gasteiger partial charge is 2.00 e. The molecule has 0 aromatic rings. The zero-order valence-corrected chi connectivity index (χ0v) is 6.33. The molecular weight excluding hydrogens is 217 g/mol. The number of hydrogen-bond acceptors (Lipinski definition) is 3. The maximum Gasteiger partial charge on any atom is 2.00 e. The van der Waals surface area contributed by atoms with Crippen LogP contribution in [0.2, 0.25) is 0 Å². The first-order chi connectivity index (χ1) is 2.00. The van der Waals surface area contributed by atoms with Gasteiger partial charge in [0.05, 0.1) is 0 Å². The molecule has 0 spiro atoms. The molecule has 0 saturated carbocycles. The topological polar surface area (TPSA) is 209 Å². The van der Waals surface area contributed by atoms with Crippen LogP contribution in [-0.2, 0) is 26.8 Å². The molecule has 72 valence electrons. The fourth-order valence-electron chi connectivity index (χ4n) is 0. The summed E-state index contributed by atoms with van der Waals surface area (Å²) in [6.07, 6.45) is 0. The molecule has 0 rings (SSSR count). The van der Waals surface area contributed by atoms with Crippen LogP contribution in [-0.4, -0.2) is 34.9 Å². The SMILES string of the molecule is NS(=O)(=O)[O-].O.O.O.O.[Ni+2]. The second kappa shape index (κ2) is 16.1. The minimum atomic E-state index is -4.42. The summed E-state index contributed by atoms with van der Waals surface area (Å²) in [6.45, 7) is 0. The Labute approximate surface area is 67.4 Å². The van der Waals surface area contributed by atoms with Crippen LogP contribution in [0.25, 0.3) is 0 Å². The molecule has 0 radical (unpaired) electrons. The van der Waals surface area contributed by atoms with Gasteiger partial charge in [-0.2, -0.15) is 0 Å². The van der Waals surface area contributed by atoms with E-state index < -0.39 is 10.3 Å². The zero-order valence-electron chi connectivity index (χ0n) is 4.53. The van der Waals surface area contributed by atoms with Gasteiger partial charge in [-0.1, -0.05) is 0 Å². The summed E-state index contributed by atoms with van der Waals surface area (Å²) in [5.41, 5.74) is 0. The molecule has 0 saturated heterocycles. The molecule has 0 aromatic carbocycles. The minimum Gasteiger partial charge on any atom is -0.736 e. The molecule has 0 aliphatic carbocycles. The molecule has 0 atom stereocenters. The van der Waals surface area contributed by atoms with Gasteiger partial charge >= 0.3 is 16.5 Å². The van der Waals surface area contributed by atoms with Gasteiger partial charge in [-0.3, -0.25) is 0 Å². The first-order valence-corrected chi connectivity index (χ1v) is 2.21. The summed E-state index contributed by atoms with van der Waals surface area (Å²) in [4.78, 5) is 0. The molecule has 0 aliphatic heterocycles. The summed E-state index contributed by atoms with van der Waals surface area (Å²) in [5.74, 6) is 0. The maximum atomic E-state index is 8.85. The number of rotatable bonds is 0. The van der Waals surface area contributed by atoms with E-state index in [-0.39, 0.29) is 38.4 Å². The molecule has 8 nitrogen and oxygen atoms in total. The fraction of sp³-hybridized carbons (Fsp3) is 0. The Balaban J connectivity index is -0.00000000800. The summed E-state index contributed by atoms with van der Waals surface area (Å²) in [5, 5.41) is 3.77. The van der Waals surface area contributed by atoms with Gasteiger partial charge in [0.1, 0.15) is 0 Å². The van der Waals surface area contributed by atoms with Gasteiger partial charge in [0.15, 0.2) is 10.3 Å². The van der Waals surface area contributed by atoms with Gasteiger partial charge < -0.3 is 26.5 Å². The Hall–Kier alpha value is 0.204. The van der Waals surface area contributed by atoms with Gasteiger partial charge in [-0.25, -0.2) is 13.6 Å². The monoisotopic (exact) mass is 226 g/mol. The summed E-state index contributed by atoms with van der Waals surface area (Å²) in [7, 11) is -4.42. The van der Waals surface area contributed by atoms with Gasteiger partial charge in [-0.15, -0.1) is 0 Å². The minimum absolute atomic E-state index is 0. The average molecular weight is 227 g/mol. The normalized spacial score (nSPS) is 5.80. The van der Waals surface area contributed by atoms with Crippen LogP contribution in [0, 0.1) is 0 Å². The Bertz CT molecular complexity index is 96.8. The molecule has 0 fully saturated rings. The zero-order chi connectivity index (χ0) is 4.50. The van der Waals surface area contributed by atoms with E-state index in [9.17, 15) is 0 Å². The van der Waals surface area contributed by atoms with E-state index in [0.717, 1.165) is 0 Å². The Kier molecular flexibility index (Phi) is 78.7. The van der Waals surface area contributed by atoms with Crippen molar-refractivity contribution < 1.29 is 51.4 Å². The quantitative estimate of drug-likeness (QED) is 0.318. The summed E-state index contributed by atoms with van der Waals surface area (Å²) in [6, 6.07) is 0. The Morgan fingerprint density at radius 2 is 1.00 bits per heavy atom. The Morgan fingerprint density at radius 1 is 1.00 bits per heavy atom. The van der Waals surface area contributed by atoms with E-state index in [4.69, 9.17) is 13.0 Å². The van der Waals surface area contributed by atoms with Gasteiger partial charge in [-0.05, 0) is 0 Å². The molecule has 10 heteroatoms. The molecule has 0 unspecified atom stereocenters.